The minimum Gasteiger partial charge on any atom is -0.380 e. The van der Waals surface area contributed by atoms with E-state index in [1.807, 2.05) is 0 Å². The van der Waals surface area contributed by atoms with Crippen LogP contribution in [0.4, 0.5) is 15.8 Å². The normalized spacial score (nSPS) is 10.5. The van der Waals surface area contributed by atoms with Gasteiger partial charge in [0.2, 0.25) is 0 Å². The molecule has 0 aliphatic rings. The SMILES string of the molecule is Cc1noc(C)c1CNc1cc(F)cc([N+](=O)[O-])c1. The summed E-state index contributed by atoms with van der Waals surface area (Å²) in [5, 5.41) is 17.3. The molecule has 1 aromatic carbocycles. The zero-order chi connectivity index (χ0) is 14.0. The van der Waals surface area contributed by atoms with Crippen LogP contribution in [-0.2, 0) is 6.54 Å². The lowest BCUT2D eigenvalue weighted by Crippen LogP contribution is -2.02. The third-order valence-electron chi connectivity index (χ3n) is 2.74. The molecule has 0 fully saturated rings. The van der Waals surface area contributed by atoms with Gasteiger partial charge in [-0.15, -0.1) is 0 Å². The van der Waals surface area contributed by atoms with Gasteiger partial charge < -0.3 is 9.84 Å². The molecule has 0 saturated heterocycles. The van der Waals surface area contributed by atoms with Gasteiger partial charge in [-0.3, -0.25) is 10.1 Å². The van der Waals surface area contributed by atoms with Gasteiger partial charge in [-0.25, -0.2) is 4.39 Å². The molecule has 100 valence electrons. The molecule has 0 atom stereocenters. The molecule has 0 aliphatic heterocycles. The Morgan fingerprint density at radius 1 is 1.42 bits per heavy atom. The van der Waals surface area contributed by atoms with Crippen LogP contribution in [0.15, 0.2) is 22.7 Å². The quantitative estimate of drug-likeness (QED) is 0.679. The zero-order valence-electron chi connectivity index (χ0n) is 10.4. The lowest BCUT2D eigenvalue weighted by Gasteiger charge is -2.06. The molecule has 1 heterocycles. The van der Waals surface area contributed by atoms with Gasteiger partial charge in [-0.05, 0) is 19.9 Å². The number of hydrogen-bond acceptors (Lipinski definition) is 5. The van der Waals surface area contributed by atoms with Gasteiger partial charge in [0.05, 0.1) is 16.7 Å². The van der Waals surface area contributed by atoms with Crippen LogP contribution in [0.5, 0.6) is 0 Å². The number of hydrogen-bond donors (Lipinski definition) is 1. The summed E-state index contributed by atoms with van der Waals surface area (Å²) in [5.74, 6) is 0.00589. The number of nitrogens with one attached hydrogen (secondary N) is 1. The van der Waals surface area contributed by atoms with Crippen molar-refractivity contribution in [3.63, 3.8) is 0 Å². The molecule has 0 spiro atoms. The van der Waals surface area contributed by atoms with Crippen LogP contribution in [0.3, 0.4) is 0 Å². The summed E-state index contributed by atoms with van der Waals surface area (Å²) in [7, 11) is 0. The van der Waals surface area contributed by atoms with Crippen molar-refractivity contribution in [3.05, 3.63) is 51.1 Å². The average molecular weight is 265 g/mol. The molecule has 6 nitrogen and oxygen atoms in total. The van der Waals surface area contributed by atoms with Crippen molar-refractivity contribution in [2.75, 3.05) is 5.32 Å². The standard InChI is InChI=1S/C12H12FN3O3/c1-7-12(8(2)19-15-7)6-14-10-3-9(13)4-11(5-10)16(17)18/h3-5,14H,6H2,1-2H3. The Kier molecular flexibility index (Phi) is 3.46. The molecule has 0 aliphatic carbocycles. The smallest absolute Gasteiger partial charge is 0.274 e. The summed E-state index contributed by atoms with van der Waals surface area (Å²) in [6.45, 7) is 3.92. The van der Waals surface area contributed by atoms with Crippen LogP contribution in [0.2, 0.25) is 0 Å². The maximum Gasteiger partial charge on any atom is 0.274 e. The van der Waals surface area contributed by atoms with Gasteiger partial charge in [0, 0.05) is 23.9 Å². The fourth-order valence-electron chi connectivity index (χ4n) is 1.73. The predicted octanol–water partition coefficient (Wildman–Crippen LogP) is 2.95. The van der Waals surface area contributed by atoms with Crippen molar-refractivity contribution >= 4 is 11.4 Å². The number of rotatable bonds is 4. The monoisotopic (exact) mass is 265 g/mol. The molecule has 1 aromatic heterocycles. The van der Waals surface area contributed by atoms with Crippen LogP contribution in [-0.4, -0.2) is 10.1 Å². The lowest BCUT2D eigenvalue weighted by atomic mass is 10.2. The third-order valence-corrected chi connectivity index (χ3v) is 2.74. The van der Waals surface area contributed by atoms with Gasteiger partial charge in [-0.1, -0.05) is 5.16 Å². The number of aromatic nitrogens is 1. The lowest BCUT2D eigenvalue weighted by molar-refractivity contribution is -0.385. The Bertz CT molecular complexity index is 605. The number of aryl methyl sites for hydroxylation is 2. The summed E-state index contributed by atoms with van der Waals surface area (Å²) >= 11 is 0. The van der Waals surface area contributed by atoms with E-state index in [-0.39, 0.29) is 5.69 Å². The topological polar surface area (TPSA) is 81.2 Å². The average Bonchev–Trinajstić information content (AvgIpc) is 2.66. The Balaban J connectivity index is 2.18. The molecule has 2 aromatic rings. The molecule has 2 rings (SSSR count). The summed E-state index contributed by atoms with van der Waals surface area (Å²) in [5.41, 5.74) is 1.63. The van der Waals surface area contributed by atoms with Crippen LogP contribution in [0.1, 0.15) is 17.0 Å². The number of halogens is 1. The van der Waals surface area contributed by atoms with E-state index >= 15 is 0 Å². The number of non-ortho nitro benzene ring substituents is 1. The largest absolute Gasteiger partial charge is 0.380 e. The Morgan fingerprint density at radius 2 is 2.16 bits per heavy atom. The molecular weight excluding hydrogens is 253 g/mol. The van der Waals surface area contributed by atoms with Gasteiger partial charge in [0.1, 0.15) is 11.6 Å². The molecule has 0 radical (unpaired) electrons. The fraction of sp³-hybridized carbons (Fsp3) is 0.250. The summed E-state index contributed by atoms with van der Waals surface area (Å²) in [6.07, 6.45) is 0. The van der Waals surface area contributed by atoms with E-state index in [2.05, 4.69) is 10.5 Å². The fourth-order valence-corrected chi connectivity index (χ4v) is 1.73. The van der Waals surface area contributed by atoms with E-state index in [0.717, 1.165) is 17.3 Å². The van der Waals surface area contributed by atoms with Gasteiger partial charge in [0.25, 0.3) is 5.69 Å². The highest BCUT2D eigenvalue weighted by molar-refractivity contribution is 5.52. The van der Waals surface area contributed by atoms with Crippen molar-refractivity contribution in [3.8, 4) is 0 Å². The highest BCUT2D eigenvalue weighted by Crippen LogP contribution is 2.21. The second-order valence-electron chi connectivity index (χ2n) is 4.11. The van der Waals surface area contributed by atoms with Crippen molar-refractivity contribution < 1.29 is 13.8 Å². The van der Waals surface area contributed by atoms with Crippen molar-refractivity contribution in [2.24, 2.45) is 0 Å². The van der Waals surface area contributed by atoms with E-state index in [4.69, 9.17) is 4.52 Å². The van der Waals surface area contributed by atoms with Gasteiger partial charge >= 0.3 is 0 Å². The number of anilines is 1. The van der Waals surface area contributed by atoms with Gasteiger partial charge in [-0.2, -0.15) is 0 Å². The molecule has 19 heavy (non-hydrogen) atoms. The van der Waals surface area contributed by atoms with E-state index in [9.17, 15) is 14.5 Å². The predicted molar refractivity (Wildman–Crippen MR) is 66.4 cm³/mol. The Labute approximate surface area is 108 Å². The minimum absolute atomic E-state index is 0.290. The third kappa shape index (κ3) is 2.87. The number of nitro benzene ring substituents is 1. The van der Waals surface area contributed by atoms with Crippen LogP contribution in [0, 0.1) is 29.8 Å². The highest BCUT2D eigenvalue weighted by atomic mass is 19.1. The highest BCUT2D eigenvalue weighted by Gasteiger charge is 2.12. The molecule has 0 amide bonds. The maximum atomic E-state index is 13.2. The maximum absolute atomic E-state index is 13.2. The second-order valence-corrected chi connectivity index (χ2v) is 4.11. The number of nitro groups is 1. The van der Waals surface area contributed by atoms with Crippen LogP contribution in [0.25, 0.3) is 0 Å². The molecule has 0 saturated carbocycles. The molecule has 0 bridgehead atoms. The minimum atomic E-state index is -0.657. The van der Waals surface area contributed by atoms with E-state index < -0.39 is 10.7 Å². The molecular formula is C12H12FN3O3. The number of nitrogens with zero attached hydrogens (tertiary/aromatic N) is 2. The summed E-state index contributed by atoms with van der Waals surface area (Å²) < 4.78 is 18.2. The first-order chi connectivity index (χ1) is 8.97. The Morgan fingerprint density at radius 3 is 2.74 bits per heavy atom. The molecule has 0 unspecified atom stereocenters. The summed E-state index contributed by atoms with van der Waals surface area (Å²) in [6, 6.07) is 3.35. The Hall–Kier alpha value is -2.44. The van der Waals surface area contributed by atoms with Crippen molar-refractivity contribution in [1.82, 2.24) is 5.16 Å². The van der Waals surface area contributed by atoms with E-state index in [1.54, 1.807) is 13.8 Å². The molecule has 7 heteroatoms. The van der Waals surface area contributed by atoms with Crippen LogP contribution < -0.4 is 5.32 Å². The second kappa shape index (κ2) is 5.05. The van der Waals surface area contributed by atoms with E-state index in [0.29, 0.717) is 18.0 Å². The van der Waals surface area contributed by atoms with Crippen LogP contribution >= 0.6 is 0 Å². The molecule has 1 N–H and O–H groups in total. The zero-order valence-corrected chi connectivity index (χ0v) is 10.4. The first kappa shape index (κ1) is 13.0. The first-order valence-electron chi connectivity index (χ1n) is 5.58. The first-order valence-corrected chi connectivity index (χ1v) is 5.58. The summed E-state index contributed by atoms with van der Waals surface area (Å²) in [4.78, 5) is 10.00. The van der Waals surface area contributed by atoms with Crippen molar-refractivity contribution in [1.29, 1.82) is 0 Å². The van der Waals surface area contributed by atoms with Crippen molar-refractivity contribution in [2.45, 2.75) is 20.4 Å². The van der Waals surface area contributed by atoms with E-state index in [1.165, 1.54) is 12.1 Å². The number of benzene rings is 1. The van der Waals surface area contributed by atoms with Gasteiger partial charge in [0.15, 0.2) is 0 Å².